The van der Waals surface area contributed by atoms with Crippen LogP contribution < -0.4 is 5.32 Å². The minimum Gasteiger partial charge on any atom is -0.345 e. The molecule has 152 valence electrons. The van der Waals surface area contributed by atoms with Gasteiger partial charge in [-0.25, -0.2) is 9.50 Å². The van der Waals surface area contributed by atoms with Crippen LogP contribution in [0, 0.1) is 13.8 Å². The summed E-state index contributed by atoms with van der Waals surface area (Å²) >= 11 is 0. The SMILES string of the molecule is Cc1cc(C)n2ncc(C(=O)NC3CCCc4c3cnn4Cc3ccccc3)c2n1. The van der Waals surface area contributed by atoms with Gasteiger partial charge in [-0.1, -0.05) is 30.3 Å². The lowest BCUT2D eigenvalue weighted by Crippen LogP contribution is -2.31. The molecule has 0 aliphatic heterocycles. The third-order valence-corrected chi connectivity index (χ3v) is 5.77. The second-order valence-corrected chi connectivity index (χ2v) is 7.94. The van der Waals surface area contributed by atoms with Gasteiger partial charge in [0, 0.05) is 22.6 Å². The molecule has 1 atom stereocenters. The Bertz CT molecular complexity index is 1220. The first-order valence-electron chi connectivity index (χ1n) is 10.3. The van der Waals surface area contributed by atoms with Crippen LogP contribution in [0.2, 0.25) is 0 Å². The summed E-state index contributed by atoms with van der Waals surface area (Å²) in [7, 11) is 0. The Morgan fingerprint density at radius 3 is 2.83 bits per heavy atom. The largest absolute Gasteiger partial charge is 0.345 e. The quantitative estimate of drug-likeness (QED) is 0.570. The monoisotopic (exact) mass is 400 g/mol. The minimum atomic E-state index is -0.142. The predicted octanol–water partition coefficient (Wildman–Crippen LogP) is 3.40. The molecule has 0 spiro atoms. The Kier molecular flexibility index (Phi) is 4.58. The number of aromatic nitrogens is 5. The maximum Gasteiger partial charge on any atom is 0.257 e. The van der Waals surface area contributed by atoms with Gasteiger partial charge >= 0.3 is 0 Å². The van der Waals surface area contributed by atoms with Gasteiger partial charge in [0.15, 0.2) is 5.65 Å². The van der Waals surface area contributed by atoms with Crippen molar-refractivity contribution in [1.82, 2.24) is 29.7 Å². The summed E-state index contributed by atoms with van der Waals surface area (Å²) in [6.45, 7) is 4.63. The molecule has 1 amide bonds. The molecule has 7 nitrogen and oxygen atoms in total. The second kappa shape index (κ2) is 7.40. The molecular formula is C23H24N6O. The molecule has 0 fully saturated rings. The number of hydrogen-bond acceptors (Lipinski definition) is 4. The number of amides is 1. The van der Waals surface area contributed by atoms with Crippen molar-refractivity contribution in [3.8, 4) is 0 Å². The van der Waals surface area contributed by atoms with Gasteiger partial charge in [0.2, 0.25) is 0 Å². The van der Waals surface area contributed by atoms with Crippen molar-refractivity contribution in [3.05, 3.63) is 82.6 Å². The zero-order valence-electron chi connectivity index (χ0n) is 17.2. The zero-order chi connectivity index (χ0) is 20.7. The number of carbonyl (C=O) groups is 1. The summed E-state index contributed by atoms with van der Waals surface area (Å²) in [6, 6.07) is 12.2. The molecule has 5 rings (SSSR count). The summed E-state index contributed by atoms with van der Waals surface area (Å²) < 4.78 is 3.78. The Labute approximate surface area is 174 Å². The molecule has 0 saturated carbocycles. The Morgan fingerprint density at radius 1 is 1.17 bits per heavy atom. The van der Waals surface area contributed by atoms with E-state index < -0.39 is 0 Å². The van der Waals surface area contributed by atoms with E-state index in [2.05, 4.69) is 37.3 Å². The Morgan fingerprint density at radius 2 is 2.00 bits per heavy atom. The topological polar surface area (TPSA) is 77.1 Å². The molecule has 1 aliphatic carbocycles. The highest BCUT2D eigenvalue weighted by Crippen LogP contribution is 2.30. The lowest BCUT2D eigenvalue weighted by molar-refractivity contribution is 0.0934. The number of benzene rings is 1. The van der Waals surface area contributed by atoms with Gasteiger partial charge in [0.1, 0.15) is 5.56 Å². The van der Waals surface area contributed by atoms with E-state index in [1.807, 2.05) is 44.3 Å². The van der Waals surface area contributed by atoms with Crippen molar-refractivity contribution in [2.75, 3.05) is 0 Å². The molecule has 1 N–H and O–H groups in total. The van der Waals surface area contributed by atoms with Crippen LogP contribution in [0.5, 0.6) is 0 Å². The highest BCUT2D eigenvalue weighted by Gasteiger charge is 2.27. The van der Waals surface area contributed by atoms with Crippen molar-refractivity contribution in [2.45, 2.75) is 45.7 Å². The van der Waals surface area contributed by atoms with Crippen LogP contribution in [0.25, 0.3) is 5.65 Å². The van der Waals surface area contributed by atoms with E-state index in [1.54, 1.807) is 10.7 Å². The third kappa shape index (κ3) is 3.26. The first kappa shape index (κ1) is 18.5. The van der Waals surface area contributed by atoms with E-state index in [-0.39, 0.29) is 11.9 Å². The fraction of sp³-hybridized carbons (Fsp3) is 0.304. The summed E-state index contributed by atoms with van der Waals surface area (Å²) in [6.07, 6.45) is 6.41. The molecule has 3 heterocycles. The van der Waals surface area contributed by atoms with E-state index in [4.69, 9.17) is 0 Å². The van der Waals surface area contributed by atoms with Gasteiger partial charge in [-0.15, -0.1) is 0 Å². The smallest absolute Gasteiger partial charge is 0.257 e. The first-order valence-corrected chi connectivity index (χ1v) is 10.3. The summed E-state index contributed by atoms with van der Waals surface area (Å²) in [5.74, 6) is -0.142. The number of hydrogen-bond donors (Lipinski definition) is 1. The lowest BCUT2D eigenvalue weighted by atomic mass is 9.92. The number of nitrogens with one attached hydrogen (secondary N) is 1. The minimum absolute atomic E-state index is 0.0494. The number of aryl methyl sites for hydroxylation is 2. The summed E-state index contributed by atoms with van der Waals surface area (Å²) in [5, 5.41) is 12.2. The van der Waals surface area contributed by atoms with Crippen molar-refractivity contribution < 1.29 is 4.79 Å². The molecule has 0 bridgehead atoms. The first-order chi connectivity index (χ1) is 14.6. The standard InChI is InChI=1S/C23H24N6O/c1-15-11-16(2)29-22(26-15)19(13-25-29)23(30)27-20-9-6-10-21-18(20)12-24-28(21)14-17-7-4-3-5-8-17/h3-5,7-8,11-13,20H,6,9-10,14H2,1-2H3,(H,27,30). The highest BCUT2D eigenvalue weighted by molar-refractivity contribution is 5.99. The van der Waals surface area contributed by atoms with Crippen molar-refractivity contribution in [1.29, 1.82) is 0 Å². The van der Waals surface area contributed by atoms with Crippen LogP contribution >= 0.6 is 0 Å². The molecule has 4 aromatic rings. The van der Waals surface area contributed by atoms with Gasteiger partial charge in [0.05, 0.1) is 25.0 Å². The van der Waals surface area contributed by atoms with E-state index in [9.17, 15) is 4.79 Å². The fourth-order valence-electron chi connectivity index (χ4n) is 4.33. The molecule has 7 heteroatoms. The van der Waals surface area contributed by atoms with Gasteiger partial charge in [-0.05, 0) is 44.7 Å². The van der Waals surface area contributed by atoms with E-state index >= 15 is 0 Å². The number of carbonyl (C=O) groups excluding carboxylic acids is 1. The Balaban J connectivity index is 1.40. The normalized spacial score (nSPS) is 15.9. The van der Waals surface area contributed by atoms with E-state index in [0.717, 1.165) is 42.8 Å². The third-order valence-electron chi connectivity index (χ3n) is 5.77. The van der Waals surface area contributed by atoms with Crippen LogP contribution in [0.3, 0.4) is 0 Å². The molecule has 30 heavy (non-hydrogen) atoms. The Hall–Kier alpha value is -3.48. The molecule has 1 unspecified atom stereocenters. The van der Waals surface area contributed by atoms with Crippen LogP contribution in [-0.2, 0) is 13.0 Å². The highest BCUT2D eigenvalue weighted by atomic mass is 16.1. The molecule has 1 aliphatic rings. The number of fused-ring (bicyclic) bond motifs is 2. The van der Waals surface area contributed by atoms with Gasteiger partial charge < -0.3 is 5.32 Å². The van der Waals surface area contributed by atoms with Gasteiger partial charge in [0.25, 0.3) is 5.91 Å². The summed E-state index contributed by atoms with van der Waals surface area (Å²) in [4.78, 5) is 17.6. The fourth-order valence-corrected chi connectivity index (χ4v) is 4.33. The average molecular weight is 400 g/mol. The van der Waals surface area contributed by atoms with Crippen LogP contribution in [0.1, 0.15) is 57.5 Å². The number of nitrogens with zero attached hydrogens (tertiary/aromatic N) is 5. The van der Waals surface area contributed by atoms with Crippen LogP contribution in [0.15, 0.2) is 48.8 Å². The summed E-state index contributed by atoms with van der Waals surface area (Å²) in [5.41, 5.74) is 6.47. The van der Waals surface area contributed by atoms with E-state index in [0.29, 0.717) is 11.2 Å². The van der Waals surface area contributed by atoms with Crippen molar-refractivity contribution in [3.63, 3.8) is 0 Å². The predicted molar refractivity (Wildman–Crippen MR) is 113 cm³/mol. The molecule has 0 saturated heterocycles. The number of rotatable bonds is 4. The van der Waals surface area contributed by atoms with E-state index in [1.165, 1.54) is 11.3 Å². The zero-order valence-corrected chi connectivity index (χ0v) is 17.2. The van der Waals surface area contributed by atoms with Crippen LogP contribution in [0.4, 0.5) is 0 Å². The average Bonchev–Trinajstić information content (AvgIpc) is 3.34. The molecular weight excluding hydrogens is 376 g/mol. The molecule has 0 radical (unpaired) electrons. The maximum atomic E-state index is 13.1. The van der Waals surface area contributed by atoms with Gasteiger partial charge in [-0.3, -0.25) is 9.48 Å². The van der Waals surface area contributed by atoms with Crippen molar-refractivity contribution >= 4 is 11.6 Å². The lowest BCUT2D eigenvalue weighted by Gasteiger charge is -2.24. The van der Waals surface area contributed by atoms with Crippen molar-refractivity contribution in [2.24, 2.45) is 0 Å². The van der Waals surface area contributed by atoms with Gasteiger partial charge in [-0.2, -0.15) is 10.2 Å². The molecule has 3 aromatic heterocycles. The van der Waals surface area contributed by atoms with Crippen LogP contribution in [-0.4, -0.2) is 30.3 Å². The maximum absolute atomic E-state index is 13.1. The second-order valence-electron chi connectivity index (χ2n) is 7.94. The molecule has 1 aromatic carbocycles.